The van der Waals surface area contributed by atoms with E-state index in [9.17, 15) is 9.59 Å². The minimum atomic E-state index is -0.391. The van der Waals surface area contributed by atoms with E-state index >= 15 is 0 Å². The second kappa shape index (κ2) is 7.72. The molecular weight excluding hydrogens is 364 g/mol. The predicted octanol–water partition coefficient (Wildman–Crippen LogP) is 2.94. The number of rotatable bonds is 3. The molecule has 0 aliphatic carbocycles. The van der Waals surface area contributed by atoms with E-state index in [1.807, 2.05) is 18.2 Å². The molecule has 2 aliphatic rings. The first-order chi connectivity index (χ1) is 13.9. The third-order valence-electron chi connectivity index (χ3n) is 5.81. The number of imide groups is 1. The fourth-order valence-corrected chi connectivity index (χ4v) is 3.98. The Kier molecular flexibility index (Phi) is 5.11. The Hall–Kier alpha value is -3.12. The summed E-state index contributed by atoms with van der Waals surface area (Å²) in [6.45, 7) is 6.54. The van der Waals surface area contributed by atoms with Gasteiger partial charge in [0.1, 0.15) is 0 Å². The number of hydrogen-bond acceptors (Lipinski definition) is 5. The zero-order valence-corrected chi connectivity index (χ0v) is 17.0. The Labute approximate surface area is 171 Å². The Balaban J connectivity index is 1.52. The molecule has 0 aromatic heterocycles. The molecule has 2 atom stereocenters. The highest BCUT2D eigenvalue weighted by Gasteiger charge is 2.27. The van der Waals surface area contributed by atoms with Gasteiger partial charge in [0, 0.05) is 53.9 Å². The van der Waals surface area contributed by atoms with Crippen molar-refractivity contribution in [2.45, 2.75) is 25.9 Å². The van der Waals surface area contributed by atoms with Crippen LogP contribution in [-0.4, -0.2) is 48.9 Å². The maximum absolute atomic E-state index is 12.3. The van der Waals surface area contributed by atoms with Gasteiger partial charge in [-0.25, -0.2) is 0 Å². The van der Waals surface area contributed by atoms with Crippen LogP contribution >= 0.6 is 0 Å². The largest absolute Gasteiger partial charge is 0.366 e. The van der Waals surface area contributed by atoms with Gasteiger partial charge in [-0.3, -0.25) is 19.8 Å². The summed E-state index contributed by atoms with van der Waals surface area (Å²) >= 11 is 0. The van der Waals surface area contributed by atoms with E-state index in [1.165, 1.54) is 5.69 Å². The lowest BCUT2D eigenvalue weighted by atomic mass is 9.96. The first-order valence-corrected chi connectivity index (χ1v) is 9.93. The van der Waals surface area contributed by atoms with E-state index in [0.717, 1.165) is 18.8 Å². The van der Waals surface area contributed by atoms with Gasteiger partial charge < -0.3 is 10.2 Å². The van der Waals surface area contributed by atoms with Gasteiger partial charge in [-0.1, -0.05) is 18.2 Å². The quantitative estimate of drug-likeness (QED) is 0.623. The van der Waals surface area contributed by atoms with Crippen molar-refractivity contribution in [1.82, 2.24) is 10.2 Å². The molecular formula is C23H26N4O2. The molecule has 2 aliphatic heterocycles. The molecule has 2 aromatic carbocycles. The van der Waals surface area contributed by atoms with Crippen LogP contribution in [0.4, 0.5) is 11.4 Å². The maximum atomic E-state index is 12.3. The molecule has 0 spiro atoms. The highest BCUT2D eigenvalue weighted by atomic mass is 16.2. The van der Waals surface area contributed by atoms with Crippen molar-refractivity contribution in [3.05, 3.63) is 65.9 Å². The van der Waals surface area contributed by atoms with E-state index < -0.39 is 5.91 Å². The minimum Gasteiger partial charge on any atom is -0.366 e. The number of hydrogen-bond donors (Lipinski definition) is 2. The Morgan fingerprint density at radius 1 is 0.931 bits per heavy atom. The third-order valence-corrected chi connectivity index (χ3v) is 5.81. The van der Waals surface area contributed by atoms with Crippen LogP contribution in [0.15, 0.2) is 54.7 Å². The van der Waals surface area contributed by atoms with Crippen molar-refractivity contribution >= 4 is 28.8 Å². The molecule has 6 nitrogen and oxygen atoms in total. The van der Waals surface area contributed by atoms with Gasteiger partial charge >= 0.3 is 0 Å². The van der Waals surface area contributed by atoms with Gasteiger partial charge in [-0.05, 0) is 51.2 Å². The van der Waals surface area contributed by atoms with Gasteiger partial charge in [0.15, 0.2) is 0 Å². The molecule has 0 bridgehead atoms. The number of nitrogens with one attached hydrogen (secondary N) is 2. The first kappa shape index (κ1) is 19.2. The van der Waals surface area contributed by atoms with Gasteiger partial charge in [-0.15, -0.1) is 0 Å². The first-order valence-electron chi connectivity index (χ1n) is 9.93. The number of benzene rings is 2. The number of carbonyl (C=O) groups is 2. The highest BCUT2D eigenvalue weighted by Crippen LogP contribution is 2.26. The minimum absolute atomic E-state index is 0.359. The van der Waals surface area contributed by atoms with Crippen LogP contribution in [0.1, 0.15) is 29.8 Å². The summed E-state index contributed by atoms with van der Waals surface area (Å²) in [6, 6.07) is 16.3. The van der Waals surface area contributed by atoms with E-state index in [2.05, 4.69) is 53.5 Å². The third kappa shape index (κ3) is 3.76. The van der Waals surface area contributed by atoms with Crippen molar-refractivity contribution in [1.29, 1.82) is 0 Å². The number of likely N-dealkylation sites (N-methyl/N-ethyl adjacent to an activating group) is 1. The standard InChI is InChI=1S/C23H26N4O2/c1-15-14-27(16(2)13-26(15)3)18-10-8-17(9-11-18)24-12-21-19-6-4-5-7-20(19)22(28)25-23(21)29/h4-12,15-16,24H,13-14H2,1-3H3,(H,25,28,29)/b21-12-/t15-,16+/m1/s1. The summed E-state index contributed by atoms with van der Waals surface area (Å²) in [5.41, 5.74) is 3.69. The topological polar surface area (TPSA) is 64.7 Å². The van der Waals surface area contributed by atoms with E-state index in [-0.39, 0.29) is 5.91 Å². The summed E-state index contributed by atoms with van der Waals surface area (Å²) in [5, 5.41) is 5.59. The maximum Gasteiger partial charge on any atom is 0.260 e. The van der Waals surface area contributed by atoms with Crippen molar-refractivity contribution in [3.8, 4) is 0 Å². The Morgan fingerprint density at radius 2 is 1.62 bits per heavy atom. The van der Waals surface area contributed by atoms with Gasteiger partial charge in [0.05, 0.1) is 5.57 Å². The molecule has 1 fully saturated rings. The number of anilines is 2. The number of amides is 2. The van der Waals surface area contributed by atoms with Crippen molar-refractivity contribution < 1.29 is 9.59 Å². The van der Waals surface area contributed by atoms with Crippen molar-refractivity contribution in [2.24, 2.45) is 0 Å². The lowest BCUT2D eigenvalue weighted by Gasteiger charge is -2.43. The number of piperazine rings is 1. The summed E-state index contributed by atoms with van der Waals surface area (Å²) in [4.78, 5) is 29.1. The van der Waals surface area contributed by atoms with Crippen LogP contribution in [0.2, 0.25) is 0 Å². The zero-order valence-electron chi connectivity index (χ0n) is 17.0. The molecule has 150 valence electrons. The normalized spacial score (nSPS) is 23.7. The highest BCUT2D eigenvalue weighted by molar-refractivity contribution is 6.31. The van der Waals surface area contributed by atoms with Crippen molar-refractivity contribution in [2.75, 3.05) is 30.4 Å². The van der Waals surface area contributed by atoms with Crippen LogP contribution in [0.25, 0.3) is 5.57 Å². The Morgan fingerprint density at radius 3 is 2.34 bits per heavy atom. The predicted molar refractivity (Wildman–Crippen MR) is 116 cm³/mol. The van der Waals surface area contributed by atoms with E-state index in [1.54, 1.807) is 24.4 Å². The molecule has 0 unspecified atom stereocenters. The van der Waals surface area contributed by atoms with Gasteiger partial charge in [-0.2, -0.15) is 0 Å². The van der Waals surface area contributed by atoms with Crippen LogP contribution in [-0.2, 0) is 4.79 Å². The summed E-state index contributed by atoms with van der Waals surface area (Å²) in [6.07, 6.45) is 1.66. The molecule has 6 heteroatoms. The van der Waals surface area contributed by atoms with Crippen LogP contribution in [0, 0.1) is 0 Å². The molecule has 29 heavy (non-hydrogen) atoms. The second-order valence-electron chi connectivity index (χ2n) is 7.87. The fraction of sp³-hybridized carbons (Fsp3) is 0.304. The van der Waals surface area contributed by atoms with Crippen molar-refractivity contribution in [3.63, 3.8) is 0 Å². The molecule has 0 radical (unpaired) electrons. The number of fused-ring (bicyclic) bond motifs is 1. The van der Waals surface area contributed by atoms with E-state index in [0.29, 0.717) is 28.8 Å². The average Bonchev–Trinajstić information content (AvgIpc) is 2.71. The lowest BCUT2D eigenvalue weighted by Crippen LogP contribution is -2.55. The second-order valence-corrected chi connectivity index (χ2v) is 7.87. The summed E-state index contributed by atoms with van der Waals surface area (Å²) in [5.74, 6) is -0.749. The van der Waals surface area contributed by atoms with Crippen LogP contribution in [0.3, 0.4) is 0 Å². The zero-order chi connectivity index (χ0) is 20.5. The van der Waals surface area contributed by atoms with E-state index in [4.69, 9.17) is 0 Å². The smallest absolute Gasteiger partial charge is 0.260 e. The van der Waals surface area contributed by atoms with Crippen LogP contribution < -0.4 is 15.5 Å². The molecule has 2 N–H and O–H groups in total. The Bertz CT molecular complexity index is 967. The molecule has 2 aromatic rings. The number of carbonyl (C=O) groups excluding carboxylic acids is 2. The SMILES string of the molecule is C[C@@H]1CN(c2ccc(N/C=C3\C(=O)NC(=O)c4ccccc43)cc2)[C@@H](C)CN1C. The summed E-state index contributed by atoms with van der Waals surface area (Å²) in [7, 11) is 2.17. The van der Waals surface area contributed by atoms with Gasteiger partial charge in [0.25, 0.3) is 11.8 Å². The van der Waals surface area contributed by atoms with Crippen LogP contribution in [0.5, 0.6) is 0 Å². The lowest BCUT2D eigenvalue weighted by molar-refractivity contribution is -0.114. The fourth-order valence-electron chi connectivity index (χ4n) is 3.98. The molecule has 0 saturated carbocycles. The monoisotopic (exact) mass is 390 g/mol. The molecule has 2 heterocycles. The summed E-state index contributed by atoms with van der Waals surface area (Å²) < 4.78 is 0. The molecule has 1 saturated heterocycles. The average molecular weight is 390 g/mol. The molecule has 2 amide bonds. The number of nitrogens with zero attached hydrogens (tertiary/aromatic N) is 2. The molecule has 4 rings (SSSR count). The van der Waals surface area contributed by atoms with Gasteiger partial charge in [0.2, 0.25) is 0 Å².